The lowest BCUT2D eigenvalue weighted by Crippen LogP contribution is -2.18. The predicted molar refractivity (Wildman–Crippen MR) is 80.0 cm³/mol. The van der Waals surface area contributed by atoms with Crippen molar-refractivity contribution in [3.05, 3.63) is 36.2 Å². The van der Waals surface area contributed by atoms with E-state index < -0.39 is 0 Å². The Balaban J connectivity index is 1.73. The smallest absolute Gasteiger partial charge is 0.246 e. The molecule has 0 aliphatic rings. The number of nitrogens with zero attached hydrogens (tertiary/aromatic N) is 7. The summed E-state index contributed by atoms with van der Waals surface area (Å²) in [5, 5.41) is 12.3. The number of aromatic nitrogens is 6. The van der Waals surface area contributed by atoms with Crippen molar-refractivity contribution in [3.63, 3.8) is 0 Å². The van der Waals surface area contributed by atoms with Gasteiger partial charge >= 0.3 is 0 Å². The Morgan fingerprint density at radius 3 is 2.73 bits per heavy atom. The molecule has 0 aliphatic heterocycles. The van der Waals surface area contributed by atoms with Gasteiger partial charge < -0.3 is 14.0 Å². The van der Waals surface area contributed by atoms with Gasteiger partial charge in [-0.2, -0.15) is 4.98 Å². The van der Waals surface area contributed by atoms with Crippen LogP contribution in [0.4, 0.5) is 5.82 Å². The fraction of sp³-hybridized carbons (Fsp3) is 0.357. The molecule has 0 bridgehead atoms. The molecule has 0 spiro atoms. The van der Waals surface area contributed by atoms with Crippen LogP contribution < -0.4 is 4.90 Å². The van der Waals surface area contributed by atoms with Crippen LogP contribution in [0.1, 0.15) is 18.6 Å². The third-order valence-electron chi connectivity index (χ3n) is 3.29. The zero-order valence-corrected chi connectivity index (χ0v) is 12.8. The molecule has 0 radical (unpaired) electrons. The second-order valence-corrected chi connectivity index (χ2v) is 4.95. The van der Waals surface area contributed by atoms with Gasteiger partial charge in [0.25, 0.3) is 0 Å². The van der Waals surface area contributed by atoms with Crippen LogP contribution in [0.15, 0.2) is 29.0 Å². The van der Waals surface area contributed by atoms with Crippen LogP contribution in [0.2, 0.25) is 0 Å². The standard InChI is InChI=1S/C14H17N7O/c1-4-11-16-13(22-19-11)9-21(3)12-6-5-10(17-18-12)14-15-7-8-20(14)2/h5-8H,4,9H2,1-3H3. The van der Waals surface area contributed by atoms with E-state index in [1.165, 1.54) is 0 Å². The highest BCUT2D eigenvalue weighted by molar-refractivity contribution is 5.51. The molecule has 0 N–H and O–H groups in total. The SMILES string of the molecule is CCc1noc(CN(C)c2ccc(-c3nccn3C)nn2)n1. The maximum Gasteiger partial charge on any atom is 0.246 e. The average Bonchev–Trinajstić information content (AvgIpc) is 3.16. The predicted octanol–water partition coefficient (Wildman–Crippen LogP) is 1.46. The zero-order valence-electron chi connectivity index (χ0n) is 12.8. The molecule has 3 heterocycles. The van der Waals surface area contributed by atoms with E-state index in [2.05, 4.69) is 25.3 Å². The molecular weight excluding hydrogens is 282 g/mol. The highest BCUT2D eigenvalue weighted by Crippen LogP contribution is 2.16. The Bertz CT molecular complexity index is 747. The first-order chi connectivity index (χ1) is 10.7. The lowest BCUT2D eigenvalue weighted by Gasteiger charge is -2.14. The molecule has 114 valence electrons. The van der Waals surface area contributed by atoms with Crippen molar-refractivity contribution in [1.29, 1.82) is 0 Å². The molecule has 0 aromatic carbocycles. The summed E-state index contributed by atoms with van der Waals surface area (Å²) in [6.45, 7) is 2.48. The molecule has 8 heteroatoms. The van der Waals surface area contributed by atoms with Crippen LogP contribution in [0, 0.1) is 0 Å². The highest BCUT2D eigenvalue weighted by atomic mass is 16.5. The first-order valence-corrected chi connectivity index (χ1v) is 7.01. The summed E-state index contributed by atoms with van der Waals surface area (Å²) >= 11 is 0. The van der Waals surface area contributed by atoms with Crippen LogP contribution in [0.25, 0.3) is 11.5 Å². The topological polar surface area (TPSA) is 85.8 Å². The van der Waals surface area contributed by atoms with Gasteiger partial charge in [0.15, 0.2) is 17.5 Å². The molecular formula is C14H17N7O. The van der Waals surface area contributed by atoms with Crippen molar-refractivity contribution in [3.8, 4) is 11.5 Å². The van der Waals surface area contributed by atoms with Crippen LogP contribution in [-0.4, -0.2) is 36.9 Å². The zero-order chi connectivity index (χ0) is 15.5. The van der Waals surface area contributed by atoms with E-state index in [0.717, 1.165) is 23.8 Å². The summed E-state index contributed by atoms with van der Waals surface area (Å²) in [7, 11) is 3.82. The van der Waals surface area contributed by atoms with E-state index in [-0.39, 0.29) is 0 Å². The molecule has 0 unspecified atom stereocenters. The molecule has 3 aromatic heterocycles. The molecule has 0 atom stereocenters. The molecule has 0 saturated heterocycles. The lowest BCUT2D eigenvalue weighted by atomic mass is 10.3. The Labute approximate surface area is 127 Å². The van der Waals surface area contributed by atoms with Crippen molar-refractivity contribution >= 4 is 5.82 Å². The number of imidazole rings is 1. The second kappa shape index (κ2) is 5.92. The monoisotopic (exact) mass is 299 g/mol. The minimum absolute atomic E-state index is 0.490. The van der Waals surface area contributed by atoms with Gasteiger partial charge in [-0.3, -0.25) is 0 Å². The van der Waals surface area contributed by atoms with E-state index in [1.807, 2.05) is 48.8 Å². The van der Waals surface area contributed by atoms with Gasteiger partial charge in [0.1, 0.15) is 5.69 Å². The van der Waals surface area contributed by atoms with Crippen LogP contribution in [0.3, 0.4) is 0 Å². The van der Waals surface area contributed by atoms with Gasteiger partial charge in [-0.1, -0.05) is 12.1 Å². The number of rotatable bonds is 5. The first-order valence-electron chi connectivity index (χ1n) is 7.01. The third-order valence-corrected chi connectivity index (χ3v) is 3.29. The van der Waals surface area contributed by atoms with Crippen molar-refractivity contribution in [2.45, 2.75) is 19.9 Å². The van der Waals surface area contributed by atoms with Crippen LogP contribution in [-0.2, 0) is 20.0 Å². The number of hydrogen-bond acceptors (Lipinski definition) is 7. The van der Waals surface area contributed by atoms with Gasteiger partial charge in [-0.05, 0) is 12.1 Å². The molecule has 22 heavy (non-hydrogen) atoms. The van der Waals surface area contributed by atoms with Gasteiger partial charge in [-0.25, -0.2) is 4.98 Å². The summed E-state index contributed by atoms with van der Waals surface area (Å²) in [4.78, 5) is 10.4. The maximum atomic E-state index is 5.18. The molecule has 0 aliphatic carbocycles. The van der Waals surface area contributed by atoms with E-state index in [9.17, 15) is 0 Å². The van der Waals surface area contributed by atoms with Gasteiger partial charge in [0.05, 0.1) is 6.54 Å². The lowest BCUT2D eigenvalue weighted by molar-refractivity contribution is 0.373. The average molecular weight is 299 g/mol. The van der Waals surface area contributed by atoms with Crippen molar-refractivity contribution in [2.24, 2.45) is 7.05 Å². The number of aryl methyl sites for hydroxylation is 2. The van der Waals surface area contributed by atoms with Crippen molar-refractivity contribution in [1.82, 2.24) is 29.9 Å². The second-order valence-electron chi connectivity index (χ2n) is 4.95. The third kappa shape index (κ3) is 2.80. The molecule has 8 nitrogen and oxygen atoms in total. The number of anilines is 1. The molecule has 0 saturated carbocycles. The van der Waals surface area contributed by atoms with Gasteiger partial charge in [-0.15, -0.1) is 10.2 Å². The Hall–Kier alpha value is -2.77. The minimum atomic E-state index is 0.490. The first kappa shape index (κ1) is 14.2. The van der Waals surface area contributed by atoms with Gasteiger partial charge in [0, 0.05) is 32.9 Å². The quantitative estimate of drug-likeness (QED) is 0.705. The fourth-order valence-corrected chi connectivity index (χ4v) is 2.04. The molecule has 0 amide bonds. The molecule has 3 aromatic rings. The van der Waals surface area contributed by atoms with E-state index in [1.54, 1.807) is 6.20 Å². The summed E-state index contributed by atoms with van der Waals surface area (Å²) < 4.78 is 7.08. The van der Waals surface area contributed by atoms with E-state index in [0.29, 0.717) is 18.3 Å². The van der Waals surface area contributed by atoms with Crippen molar-refractivity contribution in [2.75, 3.05) is 11.9 Å². The molecule has 3 rings (SSSR count). The highest BCUT2D eigenvalue weighted by Gasteiger charge is 2.11. The van der Waals surface area contributed by atoms with Crippen LogP contribution >= 0.6 is 0 Å². The summed E-state index contributed by atoms with van der Waals surface area (Å²) in [5.74, 6) is 2.79. The Kier molecular flexibility index (Phi) is 3.82. The number of hydrogen-bond donors (Lipinski definition) is 0. The van der Waals surface area contributed by atoms with Crippen LogP contribution in [0.5, 0.6) is 0 Å². The summed E-state index contributed by atoms with van der Waals surface area (Å²) in [5.41, 5.74) is 0.732. The largest absolute Gasteiger partial charge is 0.349 e. The Morgan fingerprint density at radius 1 is 1.27 bits per heavy atom. The normalized spacial score (nSPS) is 10.9. The fourth-order valence-electron chi connectivity index (χ4n) is 2.04. The summed E-state index contributed by atoms with van der Waals surface area (Å²) in [6, 6.07) is 3.79. The summed E-state index contributed by atoms with van der Waals surface area (Å²) in [6.07, 6.45) is 4.36. The van der Waals surface area contributed by atoms with Crippen molar-refractivity contribution < 1.29 is 4.52 Å². The minimum Gasteiger partial charge on any atom is -0.349 e. The maximum absolute atomic E-state index is 5.18. The van der Waals surface area contributed by atoms with E-state index >= 15 is 0 Å². The molecule has 0 fully saturated rings. The Morgan fingerprint density at radius 2 is 2.14 bits per heavy atom. The van der Waals surface area contributed by atoms with E-state index in [4.69, 9.17) is 4.52 Å². The van der Waals surface area contributed by atoms with Gasteiger partial charge in [0.2, 0.25) is 5.89 Å².